The number of carbonyl (C=O) groups excluding carboxylic acids is 3. The molecule has 0 saturated carbocycles. The maximum atomic E-state index is 12.4. The molecule has 2 rings (SSSR count). The number of amides is 3. The molecule has 3 N–H and O–H groups in total. The number of hydrazine groups is 1. The van der Waals surface area contributed by atoms with Gasteiger partial charge in [0, 0.05) is 10.6 Å². The predicted octanol–water partition coefficient (Wildman–Crippen LogP) is 2.25. The number of hydrogen-bond acceptors (Lipinski definition) is 5. The van der Waals surface area contributed by atoms with E-state index in [1.807, 2.05) is 6.26 Å². The highest BCUT2D eigenvalue weighted by Crippen LogP contribution is 2.10. The number of nitrogens with one attached hydrogen (secondary N) is 3. The van der Waals surface area contributed by atoms with Crippen LogP contribution in [0.4, 0.5) is 0 Å². The second-order valence-corrected chi connectivity index (χ2v) is 6.66. The van der Waals surface area contributed by atoms with Crippen LogP contribution in [0.5, 0.6) is 0 Å². The number of carbonyl (C=O) groups is 3. The Labute approximate surface area is 159 Å². The Kier molecular flexibility index (Phi) is 7.55. The van der Waals surface area contributed by atoms with Gasteiger partial charge in [0.25, 0.3) is 17.7 Å². The van der Waals surface area contributed by atoms with E-state index in [-0.39, 0.29) is 5.76 Å². The highest BCUT2D eigenvalue weighted by atomic mass is 35.5. The topological polar surface area (TPSA) is 100 Å². The third-order valence-corrected chi connectivity index (χ3v) is 4.24. The van der Waals surface area contributed by atoms with Crippen LogP contribution in [0, 0.1) is 0 Å². The van der Waals surface area contributed by atoms with Crippen molar-refractivity contribution in [2.45, 2.75) is 12.5 Å². The summed E-state index contributed by atoms with van der Waals surface area (Å²) in [6.07, 6.45) is 3.66. The largest absolute Gasteiger partial charge is 0.459 e. The molecule has 2 aromatic rings. The summed E-state index contributed by atoms with van der Waals surface area (Å²) in [6.45, 7) is 0. The maximum Gasteiger partial charge on any atom is 0.287 e. The van der Waals surface area contributed by atoms with Gasteiger partial charge in [-0.25, -0.2) is 0 Å². The zero-order valence-electron chi connectivity index (χ0n) is 14.0. The Morgan fingerprint density at radius 3 is 2.62 bits per heavy atom. The SMILES string of the molecule is CSCC[C@H](NC(=O)c1ccco1)C(=O)NNC(=O)c1cccc(Cl)c1. The van der Waals surface area contributed by atoms with Gasteiger partial charge in [-0.05, 0) is 48.8 Å². The van der Waals surface area contributed by atoms with Crippen LogP contribution in [-0.4, -0.2) is 35.8 Å². The molecule has 0 unspecified atom stereocenters. The lowest BCUT2D eigenvalue weighted by molar-refractivity contribution is -0.123. The second kappa shape index (κ2) is 9.88. The van der Waals surface area contributed by atoms with E-state index in [0.717, 1.165) is 0 Å². The van der Waals surface area contributed by atoms with Crippen molar-refractivity contribution in [3.05, 3.63) is 59.0 Å². The molecule has 1 aromatic carbocycles. The lowest BCUT2D eigenvalue weighted by Gasteiger charge is -2.18. The number of furan rings is 1. The molecule has 0 spiro atoms. The predicted molar refractivity (Wildman–Crippen MR) is 100 cm³/mol. The standard InChI is InChI=1S/C17H18ClN3O4S/c1-26-9-7-13(19-17(24)14-6-3-8-25-14)16(23)21-20-15(22)11-4-2-5-12(18)10-11/h2-6,8,10,13H,7,9H2,1H3,(H,19,24)(H,20,22)(H,21,23)/t13-/m0/s1. The van der Waals surface area contributed by atoms with Gasteiger partial charge in [-0.2, -0.15) is 11.8 Å². The molecule has 0 fully saturated rings. The van der Waals surface area contributed by atoms with Gasteiger partial charge in [0.15, 0.2) is 5.76 Å². The molecule has 0 aliphatic heterocycles. The molecule has 0 bridgehead atoms. The van der Waals surface area contributed by atoms with Crippen LogP contribution in [0.15, 0.2) is 47.1 Å². The molecular weight excluding hydrogens is 378 g/mol. The van der Waals surface area contributed by atoms with Gasteiger partial charge < -0.3 is 9.73 Å². The number of hydrogen-bond donors (Lipinski definition) is 3. The summed E-state index contributed by atoms with van der Waals surface area (Å²) < 4.78 is 5.02. The van der Waals surface area contributed by atoms with Crippen molar-refractivity contribution in [2.75, 3.05) is 12.0 Å². The third kappa shape index (κ3) is 5.82. The van der Waals surface area contributed by atoms with E-state index in [2.05, 4.69) is 16.2 Å². The van der Waals surface area contributed by atoms with E-state index >= 15 is 0 Å². The summed E-state index contributed by atoms with van der Waals surface area (Å²) in [5, 5.41) is 3.01. The van der Waals surface area contributed by atoms with Gasteiger partial charge in [-0.3, -0.25) is 25.2 Å². The average molecular weight is 396 g/mol. The fraction of sp³-hybridized carbons (Fsp3) is 0.235. The molecule has 0 aliphatic rings. The highest BCUT2D eigenvalue weighted by Gasteiger charge is 2.22. The highest BCUT2D eigenvalue weighted by molar-refractivity contribution is 7.98. The number of benzene rings is 1. The van der Waals surface area contributed by atoms with Gasteiger partial charge in [0.05, 0.1) is 6.26 Å². The van der Waals surface area contributed by atoms with Crippen molar-refractivity contribution in [3.63, 3.8) is 0 Å². The van der Waals surface area contributed by atoms with E-state index in [9.17, 15) is 14.4 Å². The lowest BCUT2D eigenvalue weighted by atomic mass is 10.2. The monoisotopic (exact) mass is 395 g/mol. The van der Waals surface area contributed by atoms with Gasteiger partial charge in [0.1, 0.15) is 6.04 Å². The van der Waals surface area contributed by atoms with E-state index in [1.54, 1.807) is 24.3 Å². The molecule has 7 nitrogen and oxygen atoms in total. The quantitative estimate of drug-likeness (QED) is 0.624. The van der Waals surface area contributed by atoms with Crippen molar-refractivity contribution >= 4 is 41.1 Å². The number of rotatable bonds is 7. The van der Waals surface area contributed by atoms with Crippen LogP contribution in [0.1, 0.15) is 27.3 Å². The molecule has 9 heteroatoms. The molecule has 1 heterocycles. The Bertz CT molecular complexity index is 767. The second-order valence-electron chi connectivity index (χ2n) is 5.24. The lowest BCUT2D eigenvalue weighted by Crippen LogP contribution is -2.52. The fourth-order valence-corrected chi connectivity index (χ4v) is 2.71. The molecule has 1 aromatic heterocycles. The van der Waals surface area contributed by atoms with E-state index < -0.39 is 23.8 Å². The first kappa shape index (κ1) is 19.9. The van der Waals surface area contributed by atoms with Crippen molar-refractivity contribution in [1.82, 2.24) is 16.2 Å². The normalized spacial score (nSPS) is 11.5. The smallest absolute Gasteiger partial charge is 0.287 e. The minimum atomic E-state index is -0.820. The van der Waals surface area contributed by atoms with Crippen molar-refractivity contribution in [1.29, 1.82) is 0 Å². The summed E-state index contributed by atoms with van der Waals surface area (Å²) in [5.74, 6) is -0.790. The summed E-state index contributed by atoms with van der Waals surface area (Å²) >= 11 is 7.38. The Balaban J connectivity index is 1.95. The first-order valence-electron chi connectivity index (χ1n) is 7.70. The maximum absolute atomic E-state index is 12.4. The Hall–Kier alpha value is -2.45. The van der Waals surface area contributed by atoms with Gasteiger partial charge in [-0.1, -0.05) is 17.7 Å². The fourth-order valence-electron chi connectivity index (χ4n) is 2.05. The van der Waals surface area contributed by atoms with Crippen molar-refractivity contribution in [2.24, 2.45) is 0 Å². The van der Waals surface area contributed by atoms with E-state index in [4.69, 9.17) is 16.0 Å². The van der Waals surface area contributed by atoms with E-state index in [1.165, 1.54) is 30.2 Å². The zero-order chi connectivity index (χ0) is 18.9. The van der Waals surface area contributed by atoms with Crippen molar-refractivity contribution < 1.29 is 18.8 Å². The minimum Gasteiger partial charge on any atom is -0.459 e. The van der Waals surface area contributed by atoms with Gasteiger partial charge in [-0.15, -0.1) is 0 Å². The molecule has 1 atom stereocenters. The summed E-state index contributed by atoms with van der Waals surface area (Å²) in [7, 11) is 0. The minimum absolute atomic E-state index is 0.106. The Morgan fingerprint density at radius 2 is 1.96 bits per heavy atom. The number of halogens is 1. The summed E-state index contributed by atoms with van der Waals surface area (Å²) in [6, 6.07) is 8.57. The summed E-state index contributed by atoms with van der Waals surface area (Å²) in [4.78, 5) is 36.5. The average Bonchev–Trinajstić information content (AvgIpc) is 3.17. The van der Waals surface area contributed by atoms with Crippen LogP contribution >= 0.6 is 23.4 Å². The first-order valence-corrected chi connectivity index (χ1v) is 9.47. The zero-order valence-corrected chi connectivity index (χ0v) is 15.5. The molecule has 26 heavy (non-hydrogen) atoms. The van der Waals surface area contributed by atoms with Gasteiger partial charge >= 0.3 is 0 Å². The van der Waals surface area contributed by atoms with Crippen LogP contribution < -0.4 is 16.2 Å². The van der Waals surface area contributed by atoms with Crippen LogP contribution in [-0.2, 0) is 4.79 Å². The third-order valence-electron chi connectivity index (χ3n) is 3.36. The van der Waals surface area contributed by atoms with E-state index in [0.29, 0.717) is 22.8 Å². The van der Waals surface area contributed by atoms with Gasteiger partial charge in [0.2, 0.25) is 0 Å². The van der Waals surface area contributed by atoms with Crippen molar-refractivity contribution in [3.8, 4) is 0 Å². The Morgan fingerprint density at radius 1 is 1.15 bits per heavy atom. The van der Waals surface area contributed by atoms with Crippen LogP contribution in [0.3, 0.4) is 0 Å². The molecule has 0 aliphatic carbocycles. The molecular formula is C17H18ClN3O4S. The van der Waals surface area contributed by atoms with Crippen LogP contribution in [0.25, 0.3) is 0 Å². The number of thioether (sulfide) groups is 1. The molecule has 3 amide bonds. The first-order chi connectivity index (χ1) is 12.5. The molecule has 0 saturated heterocycles. The van der Waals surface area contributed by atoms with Crippen LogP contribution in [0.2, 0.25) is 5.02 Å². The molecule has 138 valence electrons. The molecule has 0 radical (unpaired) electrons. The summed E-state index contributed by atoms with van der Waals surface area (Å²) in [5.41, 5.74) is 4.94.